The van der Waals surface area contributed by atoms with E-state index in [1.807, 2.05) is 11.8 Å². The van der Waals surface area contributed by atoms with E-state index < -0.39 is 0 Å². The van der Waals surface area contributed by atoms with Gasteiger partial charge in [-0.25, -0.2) is 4.98 Å². The maximum Gasteiger partial charge on any atom is 0.225 e. The molecule has 1 aliphatic carbocycles. The van der Waals surface area contributed by atoms with Gasteiger partial charge < -0.3 is 4.90 Å². The molecule has 0 saturated heterocycles. The van der Waals surface area contributed by atoms with E-state index in [4.69, 9.17) is 23.2 Å². The van der Waals surface area contributed by atoms with Gasteiger partial charge in [0.1, 0.15) is 11.0 Å². The van der Waals surface area contributed by atoms with Gasteiger partial charge >= 0.3 is 0 Å². The summed E-state index contributed by atoms with van der Waals surface area (Å²) in [6, 6.07) is 8.63. The minimum absolute atomic E-state index is 0.131. The molecule has 1 heterocycles. The molecule has 0 atom stereocenters. The lowest BCUT2D eigenvalue weighted by molar-refractivity contribution is 0.443. The van der Waals surface area contributed by atoms with Gasteiger partial charge in [0.05, 0.1) is 0 Å². The Balaban J connectivity index is 1.90. The van der Waals surface area contributed by atoms with Crippen LogP contribution in [0.1, 0.15) is 49.1 Å². The second-order valence-electron chi connectivity index (χ2n) is 6.21. The highest BCUT2D eigenvalue weighted by Crippen LogP contribution is 2.35. The topological polar surface area (TPSA) is 29.0 Å². The SMILES string of the molecule is C=CN(c1ccc(C2CCCCC2)cc1)c1nc(Cl)nc(Cl)c1C. The van der Waals surface area contributed by atoms with Crippen LogP contribution in [-0.2, 0) is 0 Å². The molecule has 3 nitrogen and oxygen atoms in total. The average Bonchev–Trinajstić information content (AvgIpc) is 2.61. The lowest BCUT2D eigenvalue weighted by Gasteiger charge is -2.24. The Labute approximate surface area is 153 Å². The van der Waals surface area contributed by atoms with Crippen LogP contribution in [0.5, 0.6) is 0 Å². The van der Waals surface area contributed by atoms with Gasteiger partial charge in [0.25, 0.3) is 0 Å². The van der Waals surface area contributed by atoms with Crippen molar-refractivity contribution in [2.45, 2.75) is 44.9 Å². The number of anilines is 2. The third-order valence-electron chi connectivity index (χ3n) is 4.69. The number of hydrogen-bond donors (Lipinski definition) is 0. The lowest BCUT2D eigenvalue weighted by Crippen LogP contribution is -2.13. The molecule has 0 N–H and O–H groups in total. The van der Waals surface area contributed by atoms with Crippen molar-refractivity contribution in [2.24, 2.45) is 0 Å². The van der Waals surface area contributed by atoms with E-state index in [2.05, 4.69) is 40.8 Å². The highest BCUT2D eigenvalue weighted by molar-refractivity contribution is 6.32. The molecule has 1 fully saturated rings. The summed E-state index contributed by atoms with van der Waals surface area (Å²) in [5, 5.41) is 0.488. The number of rotatable bonds is 4. The predicted octanol–water partition coefficient (Wildman–Crippen LogP) is 6.42. The van der Waals surface area contributed by atoms with Crippen LogP contribution in [0, 0.1) is 6.92 Å². The first-order chi connectivity index (χ1) is 11.6. The number of aromatic nitrogens is 2. The first kappa shape index (κ1) is 17.2. The fourth-order valence-electron chi connectivity index (χ4n) is 3.35. The quantitative estimate of drug-likeness (QED) is 0.464. The van der Waals surface area contributed by atoms with E-state index in [1.165, 1.54) is 37.7 Å². The van der Waals surface area contributed by atoms with E-state index in [-0.39, 0.29) is 5.28 Å². The van der Waals surface area contributed by atoms with Crippen molar-refractivity contribution >= 4 is 34.7 Å². The van der Waals surface area contributed by atoms with E-state index in [0.717, 1.165) is 11.3 Å². The van der Waals surface area contributed by atoms with Crippen molar-refractivity contribution in [1.82, 2.24) is 9.97 Å². The summed E-state index contributed by atoms with van der Waals surface area (Å²) in [5.74, 6) is 1.34. The van der Waals surface area contributed by atoms with Crippen molar-refractivity contribution in [3.05, 3.63) is 58.6 Å². The number of halogens is 2. The summed E-state index contributed by atoms with van der Waals surface area (Å²) in [4.78, 5) is 10.2. The molecule has 5 heteroatoms. The molecule has 0 amide bonds. The molecule has 1 saturated carbocycles. The van der Waals surface area contributed by atoms with Crippen molar-refractivity contribution < 1.29 is 0 Å². The zero-order chi connectivity index (χ0) is 17.1. The Kier molecular flexibility index (Phi) is 5.42. The van der Waals surface area contributed by atoms with Gasteiger partial charge in [-0.3, -0.25) is 0 Å². The first-order valence-electron chi connectivity index (χ1n) is 8.31. The van der Waals surface area contributed by atoms with Gasteiger partial charge in [-0.2, -0.15) is 4.98 Å². The molecule has 1 aromatic carbocycles. The highest BCUT2D eigenvalue weighted by atomic mass is 35.5. The Morgan fingerprint density at radius 2 is 1.75 bits per heavy atom. The van der Waals surface area contributed by atoms with Crippen LogP contribution in [-0.4, -0.2) is 9.97 Å². The van der Waals surface area contributed by atoms with Gasteiger partial charge in [0.2, 0.25) is 5.28 Å². The zero-order valence-electron chi connectivity index (χ0n) is 13.8. The van der Waals surface area contributed by atoms with Crippen molar-refractivity contribution in [3.8, 4) is 0 Å². The van der Waals surface area contributed by atoms with E-state index in [9.17, 15) is 0 Å². The van der Waals surface area contributed by atoms with Gasteiger partial charge in [0.15, 0.2) is 0 Å². The van der Waals surface area contributed by atoms with Crippen LogP contribution in [0.4, 0.5) is 11.5 Å². The molecule has 0 bridgehead atoms. The molecule has 0 radical (unpaired) electrons. The van der Waals surface area contributed by atoms with Crippen LogP contribution >= 0.6 is 23.2 Å². The van der Waals surface area contributed by atoms with Gasteiger partial charge in [-0.1, -0.05) is 49.6 Å². The number of hydrogen-bond acceptors (Lipinski definition) is 3. The van der Waals surface area contributed by atoms with Crippen LogP contribution in [0.3, 0.4) is 0 Å². The minimum Gasteiger partial charge on any atom is -0.302 e. The van der Waals surface area contributed by atoms with Gasteiger partial charge in [0, 0.05) is 17.5 Å². The third-order valence-corrected chi connectivity index (χ3v) is 5.23. The molecule has 1 aromatic heterocycles. The van der Waals surface area contributed by atoms with Gasteiger partial charge in [-0.15, -0.1) is 0 Å². The van der Waals surface area contributed by atoms with E-state index in [1.54, 1.807) is 6.20 Å². The standard InChI is InChI=1S/C19H21Cl2N3/c1-3-24(18-13(2)17(20)22-19(21)23-18)16-11-9-15(10-12-16)14-7-5-4-6-8-14/h3,9-12,14H,1,4-8H2,2H3. The van der Waals surface area contributed by atoms with Crippen molar-refractivity contribution in [3.63, 3.8) is 0 Å². The Hall–Kier alpha value is -1.58. The fraction of sp³-hybridized carbons (Fsp3) is 0.368. The summed E-state index contributed by atoms with van der Waals surface area (Å²) in [5.41, 5.74) is 3.17. The molecular formula is C19H21Cl2N3. The predicted molar refractivity (Wildman–Crippen MR) is 101 cm³/mol. The summed E-state index contributed by atoms with van der Waals surface area (Å²) in [6.07, 6.45) is 8.34. The largest absolute Gasteiger partial charge is 0.302 e. The maximum atomic E-state index is 6.14. The minimum atomic E-state index is 0.131. The molecule has 24 heavy (non-hydrogen) atoms. The molecule has 0 spiro atoms. The molecule has 0 aliphatic heterocycles. The Morgan fingerprint density at radius 1 is 1.08 bits per heavy atom. The Bertz CT molecular complexity index is 722. The highest BCUT2D eigenvalue weighted by Gasteiger charge is 2.18. The summed E-state index contributed by atoms with van der Waals surface area (Å²) >= 11 is 12.1. The van der Waals surface area contributed by atoms with Crippen molar-refractivity contribution in [1.29, 1.82) is 0 Å². The monoisotopic (exact) mass is 361 g/mol. The molecule has 126 valence electrons. The normalized spacial score (nSPS) is 15.3. The van der Waals surface area contributed by atoms with Crippen LogP contribution in [0.2, 0.25) is 10.4 Å². The molecule has 2 aromatic rings. The zero-order valence-corrected chi connectivity index (χ0v) is 15.3. The van der Waals surface area contributed by atoms with Crippen molar-refractivity contribution in [2.75, 3.05) is 4.90 Å². The van der Waals surface area contributed by atoms with E-state index in [0.29, 0.717) is 16.9 Å². The Morgan fingerprint density at radius 3 is 2.38 bits per heavy atom. The second kappa shape index (κ2) is 7.54. The third kappa shape index (κ3) is 3.57. The summed E-state index contributed by atoms with van der Waals surface area (Å²) in [6.45, 7) is 5.78. The number of benzene rings is 1. The number of nitrogens with zero attached hydrogens (tertiary/aromatic N) is 3. The average molecular weight is 362 g/mol. The first-order valence-corrected chi connectivity index (χ1v) is 9.07. The van der Waals surface area contributed by atoms with Crippen LogP contribution in [0.15, 0.2) is 37.0 Å². The second-order valence-corrected chi connectivity index (χ2v) is 6.91. The fourth-order valence-corrected chi connectivity index (χ4v) is 3.72. The smallest absolute Gasteiger partial charge is 0.225 e. The van der Waals surface area contributed by atoms with E-state index >= 15 is 0 Å². The molecule has 3 rings (SSSR count). The summed E-state index contributed by atoms with van der Waals surface area (Å²) < 4.78 is 0. The molecule has 1 aliphatic rings. The molecule has 0 unspecified atom stereocenters. The van der Waals surface area contributed by atoms with Crippen LogP contribution in [0.25, 0.3) is 0 Å². The maximum absolute atomic E-state index is 6.14. The van der Waals surface area contributed by atoms with Crippen LogP contribution < -0.4 is 4.90 Å². The lowest BCUT2D eigenvalue weighted by atomic mass is 9.84. The summed E-state index contributed by atoms with van der Waals surface area (Å²) in [7, 11) is 0. The van der Waals surface area contributed by atoms with Gasteiger partial charge in [-0.05, 0) is 55.0 Å². The molecular weight excluding hydrogens is 341 g/mol.